The zero-order valence-electron chi connectivity index (χ0n) is 31.6. The van der Waals surface area contributed by atoms with Gasteiger partial charge in [-0.3, -0.25) is 0 Å². The van der Waals surface area contributed by atoms with Crippen LogP contribution in [0.5, 0.6) is 0 Å². The third-order valence-corrected chi connectivity index (χ3v) is 12.8. The van der Waals surface area contributed by atoms with Crippen molar-refractivity contribution in [2.75, 3.05) is 4.81 Å². The van der Waals surface area contributed by atoms with E-state index in [2.05, 4.69) is 177 Å². The van der Waals surface area contributed by atoms with Gasteiger partial charge in [-0.25, -0.2) is 0 Å². The Morgan fingerprint density at radius 3 is 1.89 bits per heavy atom. The van der Waals surface area contributed by atoms with Crippen molar-refractivity contribution >= 4 is 106 Å². The molecule has 264 valence electrons. The number of aryl methyl sites for hydroxylation is 1. The average Bonchev–Trinajstić information content (AvgIpc) is 3.87. The number of furan rings is 2. The summed E-state index contributed by atoms with van der Waals surface area (Å²) in [6.45, 7) is 9.03. The quantitative estimate of drug-likeness (QED) is 0.159. The minimum absolute atomic E-state index is 0.0423. The number of para-hydroxylation sites is 2. The van der Waals surface area contributed by atoms with Gasteiger partial charge in [0.25, 0.3) is 0 Å². The second-order valence-corrected chi connectivity index (χ2v) is 17.0. The molecule has 11 aromatic rings. The predicted molar refractivity (Wildman–Crippen MR) is 235 cm³/mol. The van der Waals surface area contributed by atoms with Crippen LogP contribution in [0.1, 0.15) is 31.9 Å². The minimum Gasteiger partial charge on any atom is -0.456 e. The first-order valence-corrected chi connectivity index (χ1v) is 19.6. The predicted octanol–water partition coefficient (Wildman–Crippen LogP) is 12.6. The van der Waals surface area contributed by atoms with Crippen LogP contribution in [-0.2, 0) is 5.41 Å². The molecular weight excluding hydrogens is 683 g/mol. The third kappa shape index (κ3) is 3.85. The van der Waals surface area contributed by atoms with Crippen molar-refractivity contribution in [2.24, 2.45) is 0 Å². The fourth-order valence-corrected chi connectivity index (χ4v) is 10.2. The van der Waals surface area contributed by atoms with Crippen LogP contribution in [0.15, 0.2) is 148 Å². The number of aromatic nitrogens is 1. The summed E-state index contributed by atoms with van der Waals surface area (Å²) in [7, 11) is 0. The van der Waals surface area contributed by atoms with Gasteiger partial charge in [0.1, 0.15) is 22.3 Å². The van der Waals surface area contributed by atoms with Gasteiger partial charge < -0.3 is 18.2 Å². The molecule has 13 rings (SSSR count). The van der Waals surface area contributed by atoms with Crippen LogP contribution < -0.4 is 15.7 Å². The van der Waals surface area contributed by atoms with Crippen molar-refractivity contribution in [1.82, 2.24) is 4.57 Å². The lowest BCUT2D eigenvalue weighted by Gasteiger charge is -2.42. The normalized spacial score (nSPS) is 13.6. The second-order valence-electron chi connectivity index (χ2n) is 17.0. The van der Waals surface area contributed by atoms with Crippen LogP contribution >= 0.6 is 0 Å². The van der Waals surface area contributed by atoms with Gasteiger partial charge in [0.15, 0.2) is 0 Å². The van der Waals surface area contributed by atoms with Crippen molar-refractivity contribution in [2.45, 2.75) is 33.1 Å². The Labute approximate surface area is 323 Å². The molecule has 2 aliphatic rings. The Morgan fingerprint density at radius 1 is 0.536 bits per heavy atom. The minimum atomic E-state index is -0.115. The summed E-state index contributed by atoms with van der Waals surface area (Å²) in [4.78, 5) is 2.61. The molecule has 0 unspecified atom stereocenters. The number of rotatable bonds is 1. The number of fused-ring (bicyclic) bond motifs is 15. The van der Waals surface area contributed by atoms with Crippen molar-refractivity contribution in [3.8, 4) is 16.8 Å². The highest BCUT2D eigenvalue weighted by Crippen LogP contribution is 2.49. The van der Waals surface area contributed by atoms with Crippen LogP contribution in [0.4, 0.5) is 11.4 Å². The summed E-state index contributed by atoms with van der Waals surface area (Å²) in [5.74, 6) is 0. The molecule has 8 aromatic carbocycles. The molecule has 0 N–H and O–H groups in total. The Kier molecular flexibility index (Phi) is 5.64. The van der Waals surface area contributed by atoms with Crippen molar-refractivity contribution < 1.29 is 8.83 Å². The van der Waals surface area contributed by atoms with Gasteiger partial charge in [-0.1, -0.05) is 99.6 Å². The van der Waals surface area contributed by atoms with Crippen LogP contribution in [0, 0.1) is 6.92 Å². The lowest BCUT2D eigenvalue weighted by Crippen LogP contribution is -2.60. The number of benzene rings is 8. The molecule has 0 radical (unpaired) electrons. The maximum absolute atomic E-state index is 6.69. The second kappa shape index (κ2) is 10.3. The van der Waals surface area contributed by atoms with Gasteiger partial charge >= 0.3 is 6.85 Å². The summed E-state index contributed by atoms with van der Waals surface area (Å²) >= 11 is 0. The molecule has 5 heteroatoms. The number of hydrogen-bond acceptors (Lipinski definition) is 3. The van der Waals surface area contributed by atoms with Crippen LogP contribution in [0.25, 0.3) is 93.3 Å². The number of hydrogen-bond donors (Lipinski definition) is 0. The van der Waals surface area contributed by atoms with Gasteiger partial charge in [-0.05, 0) is 111 Å². The summed E-state index contributed by atoms with van der Waals surface area (Å²) in [5.41, 5.74) is 17.4. The molecule has 0 amide bonds. The standard InChI is InChI=1S/C51H35BN2O2/c1-28-21-38-35-22-29-11-5-6-12-30(29)23-42(35)54(32-19-17-31(18-20-32)51(2,3)4)52-40-27-47-37(34-14-8-10-16-45(34)56-47)25-43(40)53-41-24-36-33-13-7-9-15-44(33)55-46(36)26-39(41)48(28)50(53)49(38)52/h5-27H,1-4H3. The highest BCUT2D eigenvalue weighted by molar-refractivity contribution is 6.94. The number of anilines is 2. The van der Waals surface area contributed by atoms with Crippen molar-refractivity contribution in [3.63, 3.8) is 0 Å². The van der Waals surface area contributed by atoms with E-state index in [1.54, 1.807) is 0 Å². The zero-order chi connectivity index (χ0) is 37.2. The zero-order valence-corrected chi connectivity index (χ0v) is 31.6. The molecule has 0 saturated carbocycles. The summed E-state index contributed by atoms with van der Waals surface area (Å²) in [6, 6.07) is 51.6. The van der Waals surface area contributed by atoms with Gasteiger partial charge in [0.2, 0.25) is 0 Å². The highest BCUT2D eigenvalue weighted by atomic mass is 16.3. The Bertz CT molecular complexity index is 3540. The van der Waals surface area contributed by atoms with Gasteiger partial charge in [-0.2, -0.15) is 0 Å². The van der Waals surface area contributed by atoms with E-state index >= 15 is 0 Å². The molecule has 0 aliphatic carbocycles. The van der Waals surface area contributed by atoms with E-state index in [1.165, 1.54) is 82.8 Å². The third-order valence-electron chi connectivity index (χ3n) is 12.8. The summed E-state index contributed by atoms with van der Waals surface area (Å²) < 4.78 is 15.8. The van der Waals surface area contributed by atoms with E-state index in [-0.39, 0.29) is 12.3 Å². The van der Waals surface area contributed by atoms with Crippen LogP contribution in [-0.4, -0.2) is 11.4 Å². The van der Waals surface area contributed by atoms with Gasteiger partial charge in [0.05, 0.1) is 11.0 Å². The molecular formula is C51H35BN2O2. The first-order chi connectivity index (χ1) is 27.3. The number of nitrogens with zero attached hydrogens (tertiary/aromatic N) is 2. The molecule has 0 spiro atoms. The molecule has 5 heterocycles. The molecule has 0 fully saturated rings. The van der Waals surface area contributed by atoms with Crippen LogP contribution in [0.2, 0.25) is 0 Å². The Morgan fingerprint density at radius 2 is 1.18 bits per heavy atom. The molecule has 4 nitrogen and oxygen atoms in total. The maximum Gasteiger partial charge on any atom is 0.333 e. The monoisotopic (exact) mass is 718 g/mol. The SMILES string of the molecule is Cc1cc2c3c4c1c1cc5oc6ccccc6c5cc1n4-c1cc4c(cc1B3N(c1ccc(C(C)(C)C)cc1)c1cc3ccccc3cc1-2)oc1ccccc14. The van der Waals surface area contributed by atoms with E-state index in [0.717, 1.165) is 43.9 Å². The fourth-order valence-electron chi connectivity index (χ4n) is 10.2. The molecule has 0 atom stereocenters. The van der Waals surface area contributed by atoms with Crippen molar-refractivity contribution in [3.05, 3.63) is 151 Å². The average molecular weight is 719 g/mol. The molecule has 56 heavy (non-hydrogen) atoms. The molecule has 0 saturated heterocycles. The first-order valence-electron chi connectivity index (χ1n) is 19.6. The largest absolute Gasteiger partial charge is 0.456 e. The van der Waals surface area contributed by atoms with Crippen molar-refractivity contribution in [1.29, 1.82) is 0 Å². The first kappa shape index (κ1) is 30.6. The summed E-state index contributed by atoms with van der Waals surface area (Å²) in [5, 5.41) is 9.49. The highest BCUT2D eigenvalue weighted by Gasteiger charge is 2.45. The van der Waals surface area contributed by atoms with Gasteiger partial charge in [-0.15, -0.1) is 0 Å². The van der Waals surface area contributed by atoms with E-state index in [0.29, 0.717) is 0 Å². The topological polar surface area (TPSA) is 34.5 Å². The van der Waals surface area contributed by atoms with Gasteiger partial charge in [0, 0.05) is 54.9 Å². The Hall–Kier alpha value is -6.72. The van der Waals surface area contributed by atoms with Crippen LogP contribution in [0.3, 0.4) is 0 Å². The van der Waals surface area contributed by atoms with E-state index in [4.69, 9.17) is 8.83 Å². The smallest absolute Gasteiger partial charge is 0.333 e. The van der Waals surface area contributed by atoms with E-state index in [1.807, 2.05) is 0 Å². The summed E-state index contributed by atoms with van der Waals surface area (Å²) in [6.07, 6.45) is 0. The molecule has 3 aromatic heterocycles. The lowest BCUT2D eigenvalue weighted by molar-refractivity contribution is 0.590. The molecule has 2 aliphatic heterocycles. The van der Waals surface area contributed by atoms with E-state index < -0.39 is 0 Å². The maximum atomic E-state index is 6.69. The lowest BCUT2D eigenvalue weighted by atomic mass is 9.43. The fraction of sp³-hybridized carbons (Fsp3) is 0.0980. The Balaban J connectivity index is 1.23. The van der Waals surface area contributed by atoms with E-state index in [9.17, 15) is 0 Å². The molecule has 0 bridgehead atoms.